The highest BCUT2D eigenvalue weighted by Crippen LogP contribution is 3.16. The van der Waals surface area contributed by atoms with E-state index in [2.05, 4.69) is 12.2 Å². The predicted octanol–water partition coefficient (Wildman–Crippen LogP) is 1.62. The van der Waals surface area contributed by atoms with Crippen molar-refractivity contribution in [3.05, 3.63) is 12.2 Å². The van der Waals surface area contributed by atoms with Gasteiger partial charge < -0.3 is 4.74 Å². The van der Waals surface area contributed by atoms with Crippen molar-refractivity contribution in [3.8, 4) is 0 Å². The third-order valence-electron chi connectivity index (χ3n) is 7.62. The minimum Gasteiger partial charge on any atom is -0.469 e. The Kier molecular flexibility index (Phi) is 0.721. The average molecular weight is 214 g/mol. The lowest BCUT2D eigenvalue weighted by atomic mass is 9.60. The van der Waals surface area contributed by atoms with Gasteiger partial charge in [-0.25, -0.2) is 0 Å². The van der Waals surface area contributed by atoms with Crippen LogP contribution in [0, 0.1) is 45.8 Å². The van der Waals surface area contributed by atoms with Gasteiger partial charge >= 0.3 is 5.97 Å². The molecule has 0 N–H and O–H groups in total. The van der Waals surface area contributed by atoms with Crippen LogP contribution in [0.5, 0.6) is 0 Å². The van der Waals surface area contributed by atoms with Crippen LogP contribution in [-0.4, -0.2) is 13.1 Å². The molecule has 7 aliphatic carbocycles. The van der Waals surface area contributed by atoms with Gasteiger partial charge in [-0.3, -0.25) is 4.79 Å². The first-order valence-electron chi connectivity index (χ1n) is 6.55. The summed E-state index contributed by atoms with van der Waals surface area (Å²) >= 11 is 0. The minimum atomic E-state index is 0.0244. The van der Waals surface area contributed by atoms with Crippen LogP contribution in [-0.2, 0) is 9.53 Å². The fourth-order valence-corrected chi connectivity index (χ4v) is 8.05. The summed E-state index contributed by atoms with van der Waals surface area (Å²) in [4.78, 5) is 12.2. The number of allylic oxidation sites excluding steroid dienone is 2. The largest absolute Gasteiger partial charge is 0.469 e. The van der Waals surface area contributed by atoms with Gasteiger partial charge in [0.15, 0.2) is 0 Å². The molecule has 16 heavy (non-hydrogen) atoms. The van der Waals surface area contributed by atoms with Gasteiger partial charge in [-0.15, -0.1) is 0 Å². The number of hydrogen-bond donors (Lipinski definition) is 0. The number of carbonyl (C=O) groups is 1. The molecule has 0 heterocycles. The Hall–Kier alpha value is -0.790. The fourth-order valence-electron chi connectivity index (χ4n) is 8.05. The highest BCUT2D eigenvalue weighted by Gasteiger charge is 3.16. The summed E-state index contributed by atoms with van der Waals surface area (Å²) in [5, 5.41) is 0. The molecule has 2 spiro atoms. The van der Waals surface area contributed by atoms with Crippen LogP contribution in [0.3, 0.4) is 0 Å². The number of hydrogen-bond acceptors (Lipinski definition) is 2. The zero-order valence-corrected chi connectivity index (χ0v) is 9.27. The molecular weight excluding hydrogens is 200 g/mol. The number of methoxy groups -OCH3 is 1. The second-order valence-electron chi connectivity index (χ2n) is 6.87. The van der Waals surface area contributed by atoms with Gasteiger partial charge in [0.1, 0.15) is 0 Å². The second kappa shape index (κ2) is 1.53. The first-order chi connectivity index (χ1) is 7.78. The first-order valence-corrected chi connectivity index (χ1v) is 6.55. The quantitative estimate of drug-likeness (QED) is 0.489. The van der Waals surface area contributed by atoms with Gasteiger partial charge in [0, 0.05) is 5.41 Å². The molecule has 8 atom stereocenters. The Balaban J connectivity index is 1.66. The van der Waals surface area contributed by atoms with Gasteiger partial charge in [-0.2, -0.15) is 0 Å². The number of rotatable bonds is 1. The van der Waals surface area contributed by atoms with Crippen LogP contribution in [0.4, 0.5) is 0 Å². The number of ether oxygens (including phenoxy) is 1. The highest BCUT2D eigenvalue weighted by atomic mass is 16.5. The third kappa shape index (κ3) is 0.306. The normalized spacial score (nSPS) is 76.7. The molecular formula is C14H14O2. The summed E-state index contributed by atoms with van der Waals surface area (Å²) in [6.45, 7) is 0. The third-order valence-corrected chi connectivity index (χ3v) is 7.62. The summed E-state index contributed by atoms with van der Waals surface area (Å²) in [5.74, 6) is 4.04. The van der Waals surface area contributed by atoms with Crippen molar-refractivity contribution in [2.75, 3.05) is 7.11 Å². The Labute approximate surface area is 94.0 Å². The van der Waals surface area contributed by atoms with E-state index in [9.17, 15) is 4.79 Å². The van der Waals surface area contributed by atoms with Crippen molar-refractivity contribution in [3.63, 3.8) is 0 Å². The van der Waals surface area contributed by atoms with Gasteiger partial charge in [0.25, 0.3) is 0 Å². The van der Waals surface area contributed by atoms with Gasteiger partial charge in [-0.1, -0.05) is 12.2 Å². The molecule has 0 aliphatic heterocycles. The van der Waals surface area contributed by atoms with Crippen LogP contribution in [0.25, 0.3) is 0 Å². The maximum absolute atomic E-state index is 12.2. The molecule has 0 amide bonds. The predicted molar refractivity (Wildman–Crippen MR) is 55.1 cm³/mol. The maximum Gasteiger partial charge on any atom is 0.313 e. The van der Waals surface area contributed by atoms with Crippen molar-refractivity contribution in [2.45, 2.75) is 12.8 Å². The molecule has 0 aromatic heterocycles. The molecule has 7 aliphatic rings. The van der Waals surface area contributed by atoms with Crippen molar-refractivity contribution >= 4 is 5.97 Å². The Morgan fingerprint density at radius 2 is 2.12 bits per heavy atom. The van der Waals surface area contributed by atoms with Crippen LogP contribution in [0.15, 0.2) is 12.2 Å². The van der Waals surface area contributed by atoms with E-state index >= 15 is 0 Å². The summed E-state index contributed by atoms with van der Waals surface area (Å²) in [5.41, 5.74) is 1.06. The second-order valence-corrected chi connectivity index (χ2v) is 6.87. The summed E-state index contributed by atoms with van der Waals surface area (Å²) in [7, 11) is 1.58. The molecule has 0 radical (unpaired) electrons. The van der Waals surface area contributed by atoms with E-state index < -0.39 is 0 Å². The molecule has 2 nitrogen and oxygen atoms in total. The summed E-state index contributed by atoms with van der Waals surface area (Å²) in [6.07, 6.45) is 7.58. The van der Waals surface area contributed by atoms with Gasteiger partial charge in [0.2, 0.25) is 0 Å². The summed E-state index contributed by atoms with van der Waals surface area (Å²) < 4.78 is 5.14. The molecule has 82 valence electrons. The van der Waals surface area contributed by atoms with E-state index in [1.54, 1.807) is 7.11 Å². The molecule has 0 aromatic carbocycles. The van der Waals surface area contributed by atoms with Crippen LogP contribution < -0.4 is 0 Å². The lowest BCUT2D eigenvalue weighted by molar-refractivity contribution is -0.157. The zero-order chi connectivity index (χ0) is 10.5. The van der Waals surface area contributed by atoms with E-state index in [0.717, 1.165) is 23.7 Å². The molecule has 7 rings (SSSR count). The van der Waals surface area contributed by atoms with Crippen LogP contribution in [0.1, 0.15) is 12.8 Å². The number of esters is 1. The van der Waals surface area contributed by atoms with Crippen molar-refractivity contribution < 1.29 is 9.53 Å². The van der Waals surface area contributed by atoms with E-state index in [0.29, 0.717) is 16.7 Å². The topological polar surface area (TPSA) is 26.3 Å². The van der Waals surface area contributed by atoms with Crippen LogP contribution >= 0.6 is 0 Å². The standard InChI is InChI=1S/C14H14O2/c1-16-11(15)13-9-5-8-10(13)12(8)6-2-3-7(4-6)14(9,12)13/h2-3,6-10H,4-5H2,1H3/t6-,7-,8+,9+,10+,12-,13+,14-/m0/s1. The molecule has 2 heteroatoms. The zero-order valence-electron chi connectivity index (χ0n) is 9.27. The maximum atomic E-state index is 12.2. The van der Waals surface area contributed by atoms with Gasteiger partial charge in [0.05, 0.1) is 12.5 Å². The first kappa shape index (κ1) is 7.52. The van der Waals surface area contributed by atoms with Crippen LogP contribution in [0.2, 0.25) is 0 Å². The molecule has 6 fully saturated rings. The monoisotopic (exact) mass is 214 g/mol. The molecule has 0 aromatic rings. The average Bonchev–Trinajstić information content (AvgIpc) is 2.82. The van der Waals surface area contributed by atoms with E-state index in [-0.39, 0.29) is 11.4 Å². The fraction of sp³-hybridized carbons (Fsp3) is 0.786. The molecule has 0 saturated heterocycles. The lowest BCUT2D eigenvalue weighted by Gasteiger charge is -2.42. The molecule has 0 unspecified atom stereocenters. The molecule has 6 saturated carbocycles. The minimum absolute atomic E-state index is 0.0244. The van der Waals surface area contributed by atoms with Crippen molar-refractivity contribution in [1.29, 1.82) is 0 Å². The Bertz CT molecular complexity index is 519. The van der Waals surface area contributed by atoms with Crippen molar-refractivity contribution in [2.24, 2.45) is 45.8 Å². The lowest BCUT2D eigenvalue weighted by Crippen LogP contribution is -2.46. The number of carbonyl (C=O) groups excluding carboxylic acids is 1. The summed E-state index contributed by atoms with van der Waals surface area (Å²) in [6, 6.07) is 0. The number of fused-ring (bicyclic) bond motifs is 2. The Morgan fingerprint density at radius 3 is 2.94 bits per heavy atom. The molecule has 4 bridgehead atoms. The van der Waals surface area contributed by atoms with Crippen molar-refractivity contribution in [1.82, 2.24) is 0 Å². The highest BCUT2D eigenvalue weighted by molar-refractivity contribution is 5.92. The smallest absolute Gasteiger partial charge is 0.313 e. The van der Waals surface area contributed by atoms with E-state index in [1.165, 1.54) is 12.8 Å². The Morgan fingerprint density at radius 1 is 1.31 bits per heavy atom. The van der Waals surface area contributed by atoms with Gasteiger partial charge in [-0.05, 0) is 47.8 Å². The SMILES string of the molecule is COC(=O)[C@@]12[C@H]3C[C@@H]4[C@@H]1[C@]41[C@H]4C=C[C@@H](C4)[C@@]321. The van der Waals surface area contributed by atoms with E-state index in [4.69, 9.17) is 4.74 Å². The van der Waals surface area contributed by atoms with E-state index in [1.807, 2.05) is 0 Å².